The van der Waals surface area contributed by atoms with E-state index in [0.717, 1.165) is 45.9 Å². The van der Waals surface area contributed by atoms with Crippen LogP contribution in [0.2, 0.25) is 0 Å². The average Bonchev–Trinajstić information content (AvgIpc) is 2.96. The van der Waals surface area contributed by atoms with Crippen molar-refractivity contribution in [1.82, 2.24) is 14.8 Å². The van der Waals surface area contributed by atoms with Gasteiger partial charge >= 0.3 is 0 Å². The SMILES string of the molecule is COc1cc(C(=O)N2C[C@@H]3C(C)(C)C[C@]3(CN3CCOCC3)C2)ccn1. The van der Waals surface area contributed by atoms with Gasteiger partial charge in [0.1, 0.15) is 0 Å². The number of hydrogen-bond acceptors (Lipinski definition) is 5. The molecule has 4 rings (SSSR count). The number of rotatable bonds is 4. The molecule has 3 heterocycles. The second-order valence-corrected chi connectivity index (χ2v) is 8.74. The molecule has 0 spiro atoms. The summed E-state index contributed by atoms with van der Waals surface area (Å²) in [4.78, 5) is 21.8. The number of nitrogens with zero attached hydrogens (tertiary/aromatic N) is 3. The minimum absolute atomic E-state index is 0.0947. The normalized spacial score (nSPS) is 30.6. The van der Waals surface area contributed by atoms with Crippen molar-refractivity contribution in [3.63, 3.8) is 0 Å². The summed E-state index contributed by atoms with van der Waals surface area (Å²) in [6.45, 7) is 11.1. The van der Waals surface area contributed by atoms with Gasteiger partial charge in [-0.15, -0.1) is 0 Å². The Labute approximate surface area is 155 Å². The molecular formula is C20H29N3O3. The van der Waals surface area contributed by atoms with E-state index >= 15 is 0 Å². The second kappa shape index (κ2) is 6.50. The summed E-state index contributed by atoms with van der Waals surface area (Å²) in [6, 6.07) is 3.52. The average molecular weight is 359 g/mol. The van der Waals surface area contributed by atoms with Crippen molar-refractivity contribution in [3.05, 3.63) is 23.9 Å². The number of likely N-dealkylation sites (tertiary alicyclic amines) is 1. The minimum atomic E-state index is 0.0947. The Balaban J connectivity index is 1.51. The lowest BCUT2D eigenvalue weighted by atomic mass is 9.48. The van der Waals surface area contributed by atoms with Crippen molar-refractivity contribution in [2.24, 2.45) is 16.7 Å². The molecule has 142 valence electrons. The fourth-order valence-electron chi connectivity index (χ4n) is 5.54. The van der Waals surface area contributed by atoms with Gasteiger partial charge in [0.25, 0.3) is 5.91 Å². The van der Waals surface area contributed by atoms with Crippen molar-refractivity contribution in [2.45, 2.75) is 20.3 Å². The van der Waals surface area contributed by atoms with E-state index in [0.29, 0.717) is 22.8 Å². The van der Waals surface area contributed by atoms with Gasteiger partial charge in [-0.2, -0.15) is 0 Å². The molecule has 0 aromatic carbocycles. The Hall–Kier alpha value is -1.66. The Morgan fingerprint density at radius 2 is 2.15 bits per heavy atom. The minimum Gasteiger partial charge on any atom is -0.481 e. The quantitative estimate of drug-likeness (QED) is 0.822. The molecule has 3 aliphatic rings. The number of aromatic nitrogens is 1. The highest BCUT2D eigenvalue weighted by molar-refractivity contribution is 5.94. The molecule has 1 aliphatic carbocycles. The largest absolute Gasteiger partial charge is 0.481 e. The first-order chi connectivity index (χ1) is 12.4. The highest BCUT2D eigenvalue weighted by atomic mass is 16.5. The van der Waals surface area contributed by atoms with Gasteiger partial charge < -0.3 is 14.4 Å². The van der Waals surface area contributed by atoms with Gasteiger partial charge in [-0.25, -0.2) is 4.98 Å². The maximum absolute atomic E-state index is 13.1. The molecule has 3 fully saturated rings. The number of ether oxygens (including phenoxy) is 2. The molecule has 6 heteroatoms. The van der Waals surface area contributed by atoms with Crippen LogP contribution in [0.1, 0.15) is 30.6 Å². The molecule has 0 N–H and O–H groups in total. The standard InChI is InChI=1S/C20H29N3O3/c1-19(2)12-20(13-22-6-8-26-9-7-22)14-23(11-16(19)20)18(24)15-4-5-21-17(10-15)25-3/h4-5,10,16H,6-9,11-14H2,1-3H3/t16-,20+/m1/s1. The highest BCUT2D eigenvalue weighted by Gasteiger charge is 2.63. The van der Waals surface area contributed by atoms with E-state index in [1.54, 1.807) is 25.4 Å². The predicted molar refractivity (Wildman–Crippen MR) is 98.3 cm³/mol. The molecule has 1 saturated carbocycles. The van der Waals surface area contributed by atoms with Crippen molar-refractivity contribution < 1.29 is 14.3 Å². The van der Waals surface area contributed by atoms with E-state index in [1.165, 1.54) is 6.42 Å². The number of morpholine rings is 1. The fraction of sp³-hybridized carbons (Fsp3) is 0.700. The lowest BCUT2D eigenvalue weighted by Crippen LogP contribution is -2.59. The lowest BCUT2D eigenvalue weighted by Gasteiger charge is -2.58. The van der Waals surface area contributed by atoms with Crippen LogP contribution >= 0.6 is 0 Å². The van der Waals surface area contributed by atoms with Gasteiger partial charge in [0.2, 0.25) is 5.88 Å². The van der Waals surface area contributed by atoms with E-state index in [2.05, 4.69) is 28.6 Å². The van der Waals surface area contributed by atoms with E-state index in [4.69, 9.17) is 9.47 Å². The summed E-state index contributed by atoms with van der Waals surface area (Å²) in [6.07, 6.45) is 2.83. The van der Waals surface area contributed by atoms with Crippen LogP contribution in [0.5, 0.6) is 5.88 Å². The van der Waals surface area contributed by atoms with Crippen LogP contribution in [-0.4, -0.2) is 73.7 Å². The summed E-state index contributed by atoms with van der Waals surface area (Å²) in [5, 5.41) is 0. The van der Waals surface area contributed by atoms with Crippen molar-refractivity contribution in [1.29, 1.82) is 0 Å². The molecular weight excluding hydrogens is 330 g/mol. The molecule has 0 radical (unpaired) electrons. The number of pyridine rings is 1. The van der Waals surface area contributed by atoms with Gasteiger partial charge in [-0.3, -0.25) is 9.69 Å². The first-order valence-electron chi connectivity index (χ1n) is 9.53. The molecule has 26 heavy (non-hydrogen) atoms. The highest BCUT2D eigenvalue weighted by Crippen LogP contribution is 2.63. The van der Waals surface area contributed by atoms with Crippen LogP contribution in [0.15, 0.2) is 18.3 Å². The lowest BCUT2D eigenvalue weighted by molar-refractivity contribution is -0.0966. The third kappa shape index (κ3) is 2.99. The van der Waals surface area contributed by atoms with E-state index in [1.807, 2.05) is 0 Å². The Kier molecular flexibility index (Phi) is 4.43. The number of carbonyl (C=O) groups excluding carboxylic acids is 1. The first kappa shape index (κ1) is 17.7. The fourth-order valence-corrected chi connectivity index (χ4v) is 5.54. The topological polar surface area (TPSA) is 54.9 Å². The smallest absolute Gasteiger partial charge is 0.254 e. The van der Waals surface area contributed by atoms with Crippen molar-refractivity contribution in [2.75, 3.05) is 53.0 Å². The van der Waals surface area contributed by atoms with Gasteiger partial charge in [0.05, 0.1) is 20.3 Å². The zero-order chi connectivity index (χ0) is 18.4. The van der Waals surface area contributed by atoms with Crippen LogP contribution < -0.4 is 4.74 Å². The summed E-state index contributed by atoms with van der Waals surface area (Å²) >= 11 is 0. The number of methoxy groups -OCH3 is 1. The Bertz CT molecular complexity index is 687. The predicted octanol–water partition coefficient (Wildman–Crippen LogP) is 1.91. The zero-order valence-corrected chi connectivity index (χ0v) is 16.0. The molecule has 2 saturated heterocycles. The van der Waals surface area contributed by atoms with Gasteiger partial charge in [0, 0.05) is 56.0 Å². The van der Waals surface area contributed by atoms with Crippen LogP contribution in [0.3, 0.4) is 0 Å². The number of carbonyl (C=O) groups is 1. The van der Waals surface area contributed by atoms with Crippen LogP contribution in [0.25, 0.3) is 0 Å². The van der Waals surface area contributed by atoms with Crippen molar-refractivity contribution >= 4 is 5.91 Å². The van der Waals surface area contributed by atoms with Crippen molar-refractivity contribution in [3.8, 4) is 5.88 Å². The van der Waals surface area contributed by atoms with E-state index < -0.39 is 0 Å². The Morgan fingerprint density at radius 3 is 2.85 bits per heavy atom. The molecule has 2 atom stereocenters. The molecule has 1 aromatic heterocycles. The summed E-state index contributed by atoms with van der Waals surface area (Å²) in [5.41, 5.74) is 1.20. The first-order valence-corrected chi connectivity index (χ1v) is 9.53. The number of amides is 1. The molecule has 6 nitrogen and oxygen atoms in total. The third-order valence-electron chi connectivity index (χ3n) is 6.52. The molecule has 0 bridgehead atoms. The third-order valence-corrected chi connectivity index (χ3v) is 6.52. The van der Waals surface area contributed by atoms with Gasteiger partial charge in [-0.1, -0.05) is 13.8 Å². The maximum Gasteiger partial charge on any atom is 0.254 e. The van der Waals surface area contributed by atoms with Gasteiger partial charge in [-0.05, 0) is 23.8 Å². The summed E-state index contributed by atoms with van der Waals surface area (Å²) in [7, 11) is 1.58. The molecule has 1 aromatic rings. The van der Waals surface area contributed by atoms with Crippen LogP contribution in [-0.2, 0) is 4.74 Å². The monoisotopic (exact) mass is 359 g/mol. The van der Waals surface area contributed by atoms with E-state index in [-0.39, 0.29) is 11.3 Å². The van der Waals surface area contributed by atoms with Crippen LogP contribution in [0, 0.1) is 16.7 Å². The molecule has 2 aliphatic heterocycles. The summed E-state index contributed by atoms with van der Waals surface area (Å²) < 4.78 is 10.7. The van der Waals surface area contributed by atoms with Gasteiger partial charge in [0.15, 0.2) is 0 Å². The number of fused-ring (bicyclic) bond motifs is 1. The second-order valence-electron chi connectivity index (χ2n) is 8.74. The van der Waals surface area contributed by atoms with E-state index in [9.17, 15) is 4.79 Å². The maximum atomic E-state index is 13.1. The molecule has 0 unspecified atom stereocenters. The zero-order valence-electron chi connectivity index (χ0n) is 16.0. The summed E-state index contributed by atoms with van der Waals surface area (Å²) in [5.74, 6) is 1.14. The van der Waals surface area contributed by atoms with Crippen LogP contribution in [0.4, 0.5) is 0 Å². The number of hydrogen-bond donors (Lipinski definition) is 0. The molecule has 1 amide bonds. The Morgan fingerprint density at radius 1 is 1.38 bits per heavy atom.